The molecule has 0 aliphatic carbocycles. The highest BCUT2D eigenvalue weighted by atomic mass is 35.5. The van der Waals surface area contributed by atoms with Gasteiger partial charge >= 0.3 is 5.97 Å². The molecular formula is C11H14Cl2O2. The van der Waals surface area contributed by atoms with Gasteiger partial charge in [-0.05, 0) is 24.1 Å². The van der Waals surface area contributed by atoms with Crippen LogP contribution in [0.4, 0.5) is 0 Å². The Balaban J connectivity index is 0.000000921. The van der Waals surface area contributed by atoms with Gasteiger partial charge in [-0.15, -0.1) is 0 Å². The summed E-state index contributed by atoms with van der Waals surface area (Å²) in [5, 5.41) is 9.53. The van der Waals surface area contributed by atoms with Crippen LogP contribution in [-0.4, -0.2) is 11.1 Å². The molecule has 0 saturated carbocycles. The summed E-state index contributed by atoms with van der Waals surface area (Å²) in [6, 6.07) is 5.05. The Morgan fingerprint density at radius 1 is 1.33 bits per heavy atom. The van der Waals surface area contributed by atoms with Crippen molar-refractivity contribution in [3.63, 3.8) is 0 Å². The number of rotatable bonds is 3. The molecule has 0 heterocycles. The summed E-state index contributed by atoms with van der Waals surface area (Å²) in [5.74, 6) is -0.828. The first-order valence-corrected chi connectivity index (χ1v) is 5.51. The molecule has 0 aromatic heterocycles. The van der Waals surface area contributed by atoms with E-state index in [9.17, 15) is 4.79 Å². The number of hydrogen-bond donors (Lipinski definition) is 1. The third kappa shape index (κ3) is 5.65. The van der Waals surface area contributed by atoms with Gasteiger partial charge in [-0.25, -0.2) is 0 Å². The third-order valence-electron chi connectivity index (χ3n) is 1.62. The van der Waals surface area contributed by atoms with Crippen molar-refractivity contribution >= 4 is 29.2 Å². The number of carboxylic acid groups (broad SMARTS) is 1. The highest BCUT2D eigenvalue weighted by molar-refractivity contribution is 6.35. The minimum atomic E-state index is -0.828. The summed E-state index contributed by atoms with van der Waals surface area (Å²) in [7, 11) is 0. The Morgan fingerprint density at radius 3 is 2.40 bits per heavy atom. The van der Waals surface area contributed by atoms with Crippen LogP contribution in [0.3, 0.4) is 0 Å². The lowest BCUT2D eigenvalue weighted by Crippen LogP contribution is -1.97. The molecule has 15 heavy (non-hydrogen) atoms. The van der Waals surface area contributed by atoms with Crippen LogP contribution >= 0.6 is 23.2 Å². The van der Waals surface area contributed by atoms with E-state index in [0.717, 1.165) is 5.56 Å². The monoisotopic (exact) mass is 248 g/mol. The Hall–Kier alpha value is -0.730. The van der Waals surface area contributed by atoms with Crippen LogP contribution in [0, 0.1) is 0 Å². The second-order valence-electron chi connectivity index (χ2n) is 2.63. The van der Waals surface area contributed by atoms with Crippen molar-refractivity contribution in [3.05, 3.63) is 33.8 Å². The number of carbonyl (C=O) groups is 1. The Bertz CT molecular complexity index is 324. The molecule has 1 rings (SSSR count). The molecule has 0 aliphatic rings. The van der Waals surface area contributed by atoms with E-state index in [4.69, 9.17) is 28.3 Å². The molecule has 0 atom stereocenters. The Kier molecular flexibility index (Phi) is 7.18. The fourth-order valence-corrected chi connectivity index (χ4v) is 1.47. The summed E-state index contributed by atoms with van der Waals surface area (Å²) in [4.78, 5) is 10.3. The van der Waals surface area contributed by atoms with Crippen LogP contribution in [-0.2, 0) is 11.2 Å². The van der Waals surface area contributed by atoms with Gasteiger partial charge < -0.3 is 5.11 Å². The molecule has 0 fully saturated rings. The first kappa shape index (κ1) is 14.3. The molecule has 1 aromatic carbocycles. The topological polar surface area (TPSA) is 37.3 Å². The van der Waals surface area contributed by atoms with E-state index in [2.05, 4.69) is 0 Å². The van der Waals surface area contributed by atoms with Gasteiger partial charge in [-0.1, -0.05) is 43.1 Å². The summed E-state index contributed by atoms with van der Waals surface area (Å²) in [6.07, 6.45) is 0.521. The van der Waals surface area contributed by atoms with Gasteiger partial charge in [0.05, 0.1) is 0 Å². The Morgan fingerprint density at radius 2 is 1.93 bits per heavy atom. The lowest BCUT2D eigenvalue weighted by Gasteiger charge is -2.01. The van der Waals surface area contributed by atoms with Gasteiger partial charge in [0, 0.05) is 16.5 Å². The third-order valence-corrected chi connectivity index (χ3v) is 2.21. The molecule has 84 valence electrons. The molecule has 4 heteroatoms. The molecule has 0 unspecified atom stereocenters. The van der Waals surface area contributed by atoms with Gasteiger partial charge in [0.1, 0.15) is 0 Å². The van der Waals surface area contributed by atoms with E-state index in [1.165, 1.54) is 0 Å². The second kappa shape index (κ2) is 7.55. The standard InChI is InChI=1S/C9H8Cl2O2.C2H6/c10-7-3-1-6(8(11)5-7)2-4-9(12)13;1-2/h1,3,5H,2,4H2,(H,12,13);1-2H3. The summed E-state index contributed by atoms with van der Waals surface area (Å²) in [5.41, 5.74) is 0.813. The first-order valence-electron chi connectivity index (χ1n) is 4.75. The van der Waals surface area contributed by atoms with Crippen molar-refractivity contribution in [2.75, 3.05) is 0 Å². The molecule has 0 saturated heterocycles. The van der Waals surface area contributed by atoms with E-state index in [-0.39, 0.29) is 6.42 Å². The number of aliphatic carboxylic acids is 1. The number of benzene rings is 1. The first-order chi connectivity index (χ1) is 7.09. The van der Waals surface area contributed by atoms with Gasteiger partial charge in [-0.2, -0.15) is 0 Å². The minimum absolute atomic E-state index is 0.0847. The van der Waals surface area contributed by atoms with Crippen LogP contribution in [0.1, 0.15) is 25.8 Å². The molecule has 0 amide bonds. The van der Waals surface area contributed by atoms with Crippen LogP contribution in [0.2, 0.25) is 10.0 Å². The van der Waals surface area contributed by atoms with Gasteiger partial charge in [-0.3, -0.25) is 4.79 Å². The van der Waals surface area contributed by atoms with E-state index in [0.29, 0.717) is 16.5 Å². The molecule has 2 nitrogen and oxygen atoms in total. The molecule has 0 radical (unpaired) electrons. The van der Waals surface area contributed by atoms with Crippen LogP contribution in [0.15, 0.2) is 18.2 Å². The second-order valence-corrected chi connectivity index (χ2v) is 3.47. The molecule has 1 aromatic rings. The molecule has 0 aliphatic heterocycles. The quantitative estimate of drug-likeness (QED) is 0.877. The summed E-state index contributed by atoms with van der Waals surface area (Å²) in [6.45, 7) is 4.00. The zero-order valence-electron chi connectivity index (χ0n) is 8.76. The normalized spacial score (nSPS) is 9.07. The van der Waals surface area contributed by atoms with Gasteiger partial charge in [0.25, 0.3) is 0 Å². The zero-order chi connectivity index (χ0) is 11.8. The van der Waals surface area contributed by atoms with Crippen molar-refractivity contribution in [2.45, 2.75) is 26.7 Å². The smallest absolute Gasteiger partial charge is 0.303 e. The fraction of sp³-hybridized carbons (Fsp3) is 0.364. The lowest BCUT2D eigenvalue weighted by atomic mass is 10.1. The van der Waals surface area contributed by atoms with Crippen molar-refractivity contribution in [1.29, 1.82) is 0 Å². The summed E-state index contributed by atoms with van der Waals surface area (Å²) >= 11 is 11.5. The number of aryl methyl sites for hydroxylation is 1. The summed E-state index contributed by atoms with van der Waals surface area (Å²) < 4.78 is 0. The molecular weight excluding hydrogens is 235 g/mol. The largest absolute Gasteiger partial charge is 0.481 e. The van der Waals surface area contributed by atoms with E-state index < -0.39 is 5.97 Å². The molecule has 0 spiro atoms. The van der Waals surface area contributed by atoms with Crippen LogP contribution < -0.4 is 0 Å². The molecule has 1 N–H and O–H groups in total. The predicted octanol–water partition coefficient (Wildman–Crippen LogP) is 4.04. The highest BCUT2D eigenvalue weighted by Gasteiger charge is 2.03. The number of hydrogen-bond acceptors (Lipinski definition) is 1. The lowest BCUT2D eigenvalue weighted by molar-refractivity contribution is -0.136. The highest BCUT2D eigenvalue weighted by Crippen LogP contribution is 2.21. The van der Waals surface area contributed by atoms with E-state index in [1.807, 2.05) is 13.8 Å². The van der Waals surface area contributed by atoms with Crippen molar-refractivity contribution in [3.8, 4) is 0 Å². The fourth-order valence-electron chi connectivity index (χ4n) is 0.966. The van der Waals surface area contributed by atoms with Crippen molar-refractivity contribution in [2.24, 2.45) is 0 Å². The van der Waals surface area contributed by atoms with Crippen molar-refractivity contribution in [1.82, 2.24) is 0 Å². The van der Waals surface area contributed by atoms with Gasteiger partial charge in [0.2, 0.25) is 0 Å². The maximum atomic E-state index is 10.3. The average molecular weight is 249 g/mol. The van der Waals surface area contributed by atoms with E-state index in [1.54, 1.807) is 18.2 Å². The number of carboxylic acids is 1. The SMILES string of the molecule is CC.O=C(O)CCc1ccc(Cl)cc1Cl. The predicted molar refractivity (Wildman–Crippen MR) is 63.8 cm³/mol. The molecule has 0 bridgehead atoms. The van der Waals surface area contributed by atoms with Gasteiger partial charge in [0.15, 0.2) is 0 Å². The minimum Gasteiger partial charge on any atom is -0.481 e. The number of halogens is 2. The van der Waals surface area contributed by atoms with E-state index >= 15 is 0 Å². The average Bonchev–Trinajstić information content (AvgIpc) is 2.19. The van der Waals surface area contributed by atoms with Crippen LogP contribution in [0.5, 0.6) is 0 Å². The zero-order valence-corrected chi connectivity index (χ0v) is 10.3. The maximum Gasteiger partial charge on any atom is 0.303 e. The van der Waals surface area contributed by atoms with Crippen LogP contribution in [0.25, 0.3) is 0 Å². The van der Waals surface area contributed by atoms with Crippen molar-refractivity contribution < 1.29 is 9.90 Å². The maximum absolute atomic E-state index is 10.3. The Labute approximate surface area is 99.8 Å².